The molecule has 1 aromatic heterocycles. The highest BCUT2D eigenvalue weighted by molar-refractivity contribution is 5.42. The first kappa shape index (κ1) is 14.2. The van der Waals surface area contributed by atoms with Crippen LogP contribution in [-0.2, 0) is 6.54 Å². The minimum atomic E-state index is -0.230. The molecule has 4 nitrogen and oxygen atoms in total. The van der Waals surface area contributed by atoms with E-state index >= 15 is 0 Å². The van der Waals surface area contributed by atoms with Crippen molar-refractivity contribution >= 4 is 11.8 Å². The van der Waals surface area contributed by atoms with Crippen molar-refractivity contribution in [3.63, 3.8) is 0 Å². The summed E-state index contributed by atoms with van der Waals surface area (Å²) in [7, 11) is 0. The quantitative estimate of drug-likeness (QED) is 0.848. The van der Waals surface area contributed by atoms with Gasteiger partial charge in [0.25, 0.3) is 0 Å². The predicted octanol–water partition coefficient (Wildman–Crippen LogP) is 3.36. The summed E-state index contributed by atoms with van der Waals surface area (Å²) in [4.78, 5) is 8.73. The van der Waals surface area contributed by atoms with Crippen molar-refractivity contribution in [2.75, 3.05) is 17.2 Å². The Balaban J connectivity index is 2.01. The van der Waals surface area contributed by atoms with Gasteiger partial charge in [0, 0.05) is 24.8 Å². The molecule has 0 radical (unpaired) electrons. The molecule has 0 fully saturated rings. The molecule has 0 unspecified atom stereocenters. The van der Waals surface area contributed by atoms with E-state index in [0.717, 1.165) is 30.0 Å². The van der Waals surface area contributed by atoms with E-state index < -0.39 is 0 Å². The number of hydrogen-bond acceptors (Lipinski definition) is 4. The number of hydrogen-bond donors (Lipinski definition) is 2. The lowest BCUT2D eigenvalue weighted by Crippen LogP contribution is -2.08. The lowest BCUT2D eigenvalue weighted by molar-refractivity contribution is 0.627. The monoisotopic (exact) mass is 274 g/mol. The summed E-state index contributed by atoms with van der Waals surface area (Å²) in [5, 5.41) is 6.39. The van der Waals surface area contributed by atoms with E-state index in [9.17, 15) is 4.39 Å². The third kappa shape index (κ3) is 4.19. The van der Waals surface area contributed by atoms with Crippen LogP contribution >= 0.6 is 0 Å². The molecule has 0 aliphatic carbocycles. The molecule has 0 aliphatic rings. The van der Waals surface area contributed by atoms with Gasteiger partial charge in [0.15, 0.2) is 0 Å². The van der Waals surface area contributed by atoms with E-state index in [1.165, 1.54) is 12.1 Å². The molecular formula is C15H19FN4. The van der Waals surface area contributed by atoms with Crippen LogP contribution in [0.3, 0.4) is 0 Å². The fraction of sp³-hybridized carbons (Fsp3) is 0.333. The molecule has 20 heavy (non-hydrogen) atoms. The second-order valence-electron chi connectivity index (χ2n) is 4.62. The van der Waals surface area contributed by atoms with E-state index in [0.29, 0.717) is 12.5 Å². The summed E-state index contributed by atoms with van der Waals surface area (Å²) in [5.74, 6) is 1.17. The third-order valence-electron chi connectivity index (χ3n) is 2.77. The fourth-order valence-corrected chi connectivity index (χ4v) is 1.77. The zero-order valence-electron chi connectivity index (χ0n) is 11.8. The van der Waals surface area contributed by atoms with E-state index in [4.69, 9.17) is 0 Å². The minimum Gasteiger partial charge on any atom is -0.370 e. The number of aromatic nitrogens is 2. The summed E-state index contributed by atoms with van der Waals surface area (Å²) in [6.45, 7) is 5.49. The lowest BCUT2D eigenvalue weighted by atomic mass is 10.2. The van der Waals surface area contributed by atoms with Gasteiger partial charge >= 0.3 is 0 Å². The van der Waals surface area contributed by atoms with Gasteiger partial charge < -0.3 is 10.6 Å². The molecule has 106 valence electrons. The normalized spacial score (nSPS) is 10.3. The van der Waals surface area contributed by atoms with Crippen molar-refractivity contribution in [2.45, 2.75) is 26.8 Å². The van der Waals surface area contributed by atoms with Crippen molar-refractivity contribution in [3.05, 3.63) is 47.4 Å². The Bertz CT molecular complexity index is 554. The van der Waals surface area contributed by atoms with Crippen LogP contribution in [0.4, 0.5) is 16.2 Å². The summed E-state index contributed by atoms with van der Waals surface area (Å²) >= 11 is 0. The van der Waals surface area contributed by atoms with Crippen LogP contribution in [0, 0.1) is 12.7 Å². The predicted molar refractivity (Wildman–Crippen MR) is 79.3 cm³/mol. The molecule has 2 rings (SSSR count). The molecule has 0 saturated heterocycles. The van der Waals surface area contributed by atoms with Gasteiger partial charge in [-0.2, -0.15) is 4.98 Å². The second kappa shape index (κ2) is 6.84. The van der Waals surface area contributed by atoms with Crippen molar-refractivity contribution in [3.8, 4) is 0 Å². The summed E-state index contributed by atoms with van der Waals surface area (Å²) < 4.78 is 12.8. The van der Waals surface area contributed by atoms with Crippen LogP contribution in [0.5, 0.6) is 0 Å². The largest absolute Gasteiger partial charge is 0.370 e. The van der Waals surface area contributed by atoms with Crippen LogP contribution in [0.25, 0.3) is 0 Å². The summed E-state index contributed by atoms with van der Waals surface area (Å²) in [5.41, 5.74) is 1.89. The van der Waals surface area contributed by atoms with E-state index in [1.807, 2.05) is 13.0 Å². The van der Waals surface area contributed by atoms with Crippen LogP contribution in [0.1, 0.15) is 24.6 Å². The van der Waals surface area contributed by atoms with Gasteiger partial charge in [0.2, 0.25) is 5.95 Å². The Morgan fingerprint density at radius 2 is 1.85 bits per heavy atom. The van der Waals surface area contributed by atoms with Gasteiger partial charge in [-0.3, -0.25) is 0 Å². The van der Waals surface area contributed by atoms with Crippen molar-refractivity contribution in [1.82, 2.24) is 9.97 Å². The maximum atomic E-state index is 12.8. The van der Waals surface area contributed by atoms with E-state index in [-0.39, 0.29) is 5.82 Å². The average Bonchev–Trinajstić information content (AvgIpc) is 2.44. The van der Waals surface area contributed by atoms with Gasteiger partial charge in [-0.05, 0) is 31.0 Å². The van der Waals surface area contributed by atoms with E-state index in [2.05, 4.69) is 27.5 Å². The van der Waals surface area contributed by atoms with Crippen molar-refractivity contribution in [1.29, 1.82) is 0 Å². The highest BCUT2D eigenvalue weighted by Gasteiger charge is 2.02. The van der Waals surface area contributed by atoms with Gasteiger partial charge in [-0.1, -0.05) is 19.1 Å². The molecule has 0 bridgehead atoms. The number of nitrogens with one attached hydrogen (secondary N) is 2. The van der Waals surface area contributed by atoms with Crippen LogP contribution in [0.15, 0.2) is 30.3 Å². The number of halogens is 1. The summed E-state index contributed by atoms with van der Waals surface area (Å²) in [6, 6.07) is 8.30. The molecule has 0 amide bonds. The molecule has 0 atom stereocenters. The minimum absolute atomic E-state index is 0.230. The van der Waals surface area contributed by atoms with E-state index in [1.54, 1.807) is 12.1 Å². The fourth-order valence-electron chi connectivity index (χ4n) is 1.77. The zero-order valence-corrected chi connectivity index (χ0v) is 11.8. The number of anilines is 2. The lowest BCUT2D eigenvalue weighted by Gasteiger charge is -2.09. The smallest absolute Gasteiger partial charge is 0.225 e. The Morgan fingerprint density at radius 1 is 1.10 bits per heavy atom. The number of aryl methyl sites for hydroxylation is 1. The molecule has 1 aromatic carbocycles. The molecule has 0 spiro atoms. The molecule has 2 aromatic rings. The topological polar surface area (TPSA) is 49.8 Å². The highest BCUT2D eigenvalue weighted by Crippen LogP contribution is 2.11. The molecule has 0 aliphatic heterocycles. The summed E-state index contributed by atoms with van der Waals surface area (Å²) in [6.07, 6.45) is 1.04. The Labute approximate surface area is 118 Å². The van der Waals surface area contributed by atoms with Crippen molar-refractivity contribution in [2.24, 2.45) is 0 Å². The molecule has 2 N–H and O–H groups in total. The first-order chi connectivity index (χ1) is 9.67. The van der Waals surface area contributed by atoms with Gasteiger partial charge in [-0.25, -0.2) is 9.37 Å². The SMILES string of the molecule is CCCNc1cc(C)nc(NCc2ccc(F)cc2)n1. The zero-order chi connectivity index (χ0) is 14.4. The Hall–Kier alpha value is -2.17. The second-order valence-corrected chi connectivity index (χ2v) is 4.62. The van der Waals surface area contributed by atoms with Gasteiger partial charge in [0.1, 0.15) is 11.6 Å². The number of benzene rings is 1. The first-order valence-electron chi connectivity index (χ1n) is 6.75. The van der Waals surface area contributed by atoms with Gasteiger partial charge in [-0.15, -0.1) is 0 Å². The van der Waals surface area contributed by atoms with Crippen LogP contribution in [0.2, 0.25) is 0 Å². The maximum Gasteiger partial charge on any atom is 0.225 e. The molecule has 0 saturated carbocycles. The molecular weight excluding hydrogens is 255 g/mol. The Morgan fingerprint density at radius 3 is 2.55 bits per heavy atom. The first-order valence-corrected chi connectivity index (χ1v) is 6.75. The molecule has 1 heterocycles. The molecule has 5 heteroatoms. The van der Waals surface area contributed by atoms with Crippen LogP contribution in [-0.4, -0.2) is 16.5 Å². The number of rotatable bonds is 6. The Kier molecular flexibility index (Phi) is 4.87. The highest BCUT2D eigenvalue weighted by atomic mass is 19.1. The standard InChI is InChI=1S/C15H19FN4/c1-3-8-17-14-9-11(2)19-15(20-14)18-10-12-4-6-13(16)7-5-12/h4-7,9H,3,8,10H2,1-2H3,(H2,17,18,19,20). The third-order valence-corrected chi connectivity index (χ3v) is 2.77. The van der Waals surface area contributed by atoms with Gasteiger partial charge in [0.05, 0.1) is 0 Å². The van der Waals surface area contributed by atoms with Crippen LogP contribution < -0.4 is 10.6 Å². The number of nitrogens with zero attached hydrogens (tertiary/aromatic N) is 2. The maximum absolute atomic E-state index is 12.8. The van der Waals surface area contributed by atoms with Crippen molar-refractivity contribution < 1.29 is 4.39 Å². The average molecular weight is 274 g/mol.